The zero-order valence-corrected chi connectivity index (χ0v) is 8.68. The number of hydrogen-bond donors (Lipinski definition) is 1. The summed E-state index contributed by atoms with van der Waals surface area (Å²) in [5.74, 6) is -0.232. The molecule has 0 spiro atoms. The van der Waals surface area contributed by atoms with Crippen LogP contribution in [-0.2, 0) is 0 Å². The van der Waals surface area contributed by atoms with E-state index < -0.39 is 20.3 Å². The Hall–Kier alpha value is 0.0387. The van der Waals surface area contributed by atoms with E-state index in [0.29, 0.717) is 5.69 Å². The fourth-order valence-corrected chi connectivity index (χ4v) is 2.17. The van der Waals surface area contributed by atoms with Gasteiger partial charge in [0.25, 0.3) is 0 Å². The monoisotopic (exact) mass is 265 g/mol. The third kappa shape index (κ3) is 2.02. The molecule has 0 bridgehead atoms. The van der Waals surface area contributed by atoms with Crippen molar-refractivity contribution in [2.24, 2.45) is 0 Å². The van der Waals surface area contributed by atoms with Gasteiger partial charge in [-0.05, 0) is 0 Å². The summed E-state index contributed by atoms with van der Waals surface area (Å²) in [5.41, 5.74) is 0.518. The number of benzene rings is 1. The predicted octanol–water partition coefficient (Wildman–Crippen LogP) is 2.01. The summed E-state index contributed by atoms with van der Waals surface area (Å²) in [7, 11) is 5.50. The van der Waals surface area contributed by atoms with E-state index >= 15 is 0 Å². The Morgan fingerprint density at radius 2 is 2.10 bits per heavy atom. The third-order valence-corrected chi connectivity index (χ3v) is 2.73. The van der Waals surface area contributed by atoms with Crippen molar-refractivity contribution in [2.75, 3.05) is 3.54 Å². The summed E-state index contributed by atoms with van der Waals surface area (Å²) in [5, 5.41) is 0. The third-order valence-electron chi connectivity index (χ3n) is 1.06. The zero-order valence-electron chi connectivity index (χ0n) is 5.07. The van der Waals surface area contributed by atoms with Gasteiger partial charge in [0, 0.05) is 0 Å². The Kier molecular flexibility index (Phi) is 3.28. The molecule has 0 aromatic heterocycles. The minimum atomic E-state index is -1.06. The molecule has 0 aliphatic heterocycles. The molecule has 1 rings (SSSR count). The van der Waals surface area contributed by atoms with E-state index in [1.165, 1.54) is 6.07 Å². The Balaban J connectivity index is 2.81. The molecule has 2 radical (unpaired) electrons. The van der Waals surface area contributed by atoms with Gasteiger partial charge in [-0.15, -0.1) is 0 Å². The summed E-state index contributed by atoms with van der Waals surface area (Å²) in [6, 6.07) is 6.52. The van der Waals surface area contributed by atoms with Crippen LogP contribution in [0.25, 0.3) is 0 Å². The summed E-state index contributed by atoms with van der Waals surface area (Å²) in [6.07, 6.45) is 0. The second kappa shape index (κ2) is 4.03. The van der Waals surface area contributed by atoms with Crippen molar-refractivity contribution in [1.82, 2.24) is 0 Å². The Morgan fingerprint density at radius 3 is 2.70 bits per heavy atom. The summed E-state index contributed by atoms with van der Waals surface area (Å²) in [6.45, 7) is 0. The first-order valence-corrected chi connectivity index (χ1v) is 7.75. The van der Waals surface area contributed by atoms with E-state index in [4.69, 9.17) is 8.92 Å². The molecule has 0 amide bonds. The number of hydrogen-bond acceptors (Lipinski definition) is 1. The van der Waals surface area contributed by atoms with Crippen LogP contribution in [0.1, 0.15) is 0 Å². The van der Waals surface area contributed by atoms with Crippen LogP contribution in [0.15, 0.2) is 24.3 Å². The van der Waals surface area contributed by atoms with Crippen molar-refractivity contribution >= 4 is 34.9 Å². The van der Waals surface area contributed by atoms with Crippen molar-refractivity contribution in [3.63, 3.8) is 0 Å². The maximum absolute atomic E-state index is 12.7. The average Bonchev–Trinajstić information content (AvgIpc) is 1.94. The van der Waals surface area contributed by atoms with Crippen molar-refractivity contribution in [2.45, 2.75) is 0 Å². The van der Waals surface area contributed by atoms with Crippen LogP contribution in [0.3, 0.4) is 0 Å². The first kappa shape index (κ1) is 8.14. The molecule has 0 aliphatic rings. The Bertz CT molecular complexity index is 219. The molecule has 1 nitrogen and oxygen atoms in total. The first-order valence-electron chi connectivity index (χ1n) is 2.71. The van der Waals surface area contributed by atoms with E-state index in [-0.39, 0.29) is 5.82 Å². The molecular weight excluding hydrogens is 259 g/mol. The second-order valence-electron chi connectivity index (χ2n) is 1.70. The number of anilines is 1. The zero-order chi connectivity index (χ0) is 7.40. The van der Waals surface area contributed by atoms with Crippen molar-refractivity contribution in [1.29, 1.82) is 0 Å². The van der Waals surface area contributed by atoms with E-state index in [2.05, 4.69) is 3.54 Å². The SMILES string of the molecule is Fc1ccccc1[NH][Sn][Cl]. The maximum atomic E-state index is 12.7. The molecule has 4 heteroatoms. The normalized spacial score (nSPS) is 9.40. The number of rotatable bonds is 2. The standard InChI is InChI=1S/C6H5FN.ClH.Sn/c7-5-3-1-2-4-6(5)8;;/h1-4,8H;1H;/q-1;;+2/p-1. The summed E-state index contributed by atoms with van der Waals surface area (Å²) in [4.78, 5) is 0. The van der Waals surface area contributed by atoms with Crippen molar-refractivity contribution < 1.29 is 4.39 Å². The molecule has 52 valence electrons. The topological polar surface area (TPSA) is 12.0 Å². The molecular formula is C6H5ClFNSn. The van der Waals surface area contributed by atoms with E-state index in [1.807, 2.05) is 0 Å². The first-order chi connectivity index (χ1) is 4.84. The van der Waals surface area contributed by atoms with Gasteiger partial charge < -0.3 is 0 Å². The van der Waals surface area contributed by atoms with Gasteiger partial charge in [0.15, 0.2) is 0 Å². The van der Waals surface area contributed by atoms with Crippen LogP contribution < -0.4 is 3.54 Å². The fourth-order valence-electron chi connectivity index (χ4n) is 0.613. The fraction of sp³-hybridized carbons (Fsp3) is 0. The molecule has 10 heavy (non-hydrogen) atoms. The van der Waals surface area contributed by atoms with Gasteiger partial charge in [0.1, 0.15) is 0 Å². The predicted molar refractivity (Wildman–Crippen MR) is 41.6 cm³/mol. The minimum absolute atomic E-state index is 0.232. The van der Waals surface area contributed by atoms with Crippen LogP contribution in [0.2, 0.25) is 0 Å². The second-order valence-corrected chi connectivity index (χ2v) is 4.22. The Labute approximate surface area is 72.9 Å². The van der Waals surface area contributed by atoms with Crippen molar-refractivity contribution in [3.05, 3.63) is 30.1 Å². The molecule has 0 unspecified atom stereocenters. The number of para-hydroxylation sites is 1. The van der Waals surface area contributed by atoms with Crippen LogP contribution >= 0.6 is 8.92 Å². The molecule has 0 fully saturated rings. The van der Waals surface area contributed by atoms with E-state index in [1.54, 1.807) is 18.2 Å². The van der Waals surface area contributed by atoms with E-state index in [0.717, 1.165) is 0 Å². The van der Waals surface area contributed by atoms with Crippen LogP contribution in [0.5, 0.6) is 0 Å². The molecule has 0 saturated heterocycles. The number of halogens is 2. The van der Waals surface area contributed by atoms with Gasteiger partial charge in [-0.25, -0.2) is 0 Å². The molecule has 0 aliphatic carbocycles. The van der Waals surface area contributed by atoms with E-state index in [9.17, 15) is 4.39 Å². The molecule has 0 saturated carbocycles. The molecule has 0 atom stereocenters. The van der Waals surface area contributed by atoms with Gasteiger partial charge in [0.2, 0.25) is 0 Å². The van der Waals surface area contributed by atoms with Gasteiger partial charge in [0.05, 0.1) is 0 Å². The molecule has 1 aromatic carbocycles. The van der Waals surface area contributed by atoms with Gasteiger partial charge >= 0.3 is 72.9 Å². The van der Waals surface area contributed by atoms with Crippen LogP contribution in [0.4, 0.5) is 10.1 Å². The van der Waals surface area contributed by atoms with Gasteiger partial charge in [-0.2, -0.15) is 0 Å². The van der Waals surface area contributed by atoms with Crippen LogP contribution in [0, 0.1) is 5.82 Å². The average molecular weight is 264 g/mol. The summed E-state index contributed by atoms with van der Waals surface area (Å²) >= 11 is -1.06. The van der Waals surface area contributed by atoms with Crippen LogP contribution in [-0.4, -0.2) is 20.3 Å². The van der Waals surface area contributed by atoms with Gasteiger partial charge in [-0.3, -0.25) is 0 Å². The molecule has 1 aromatic rings. The quantitative estimate of drug-likeness (QED) is 0.806. The van der Waals surface area contributed by atoms with Crippen molar-refractivity contribution in [3.8, 4) is 0 Å². The molecule has 1 N–H and O–H groups in total. The Morgan fingerprint density at radius 1 is 1.40 bits per heavy atom. The summed E-state index contributed by atoms with van der Waals surface area (Å²) < 4.78 is 15.5. The number of nitrogens with one attached hydrogen (secondary N) is 1. The van der Waals surface area contributed by atoms with Gasteiger partial charge in [-0.1, -0.05) is 0 Å². The molecule has 0 heterocycles.